The maximum absolute atomic E-state index is 12.5. The molecule has 0 unspecified atom stereocenters. The molecule has 6 nitrogen and oxygen atoms in total. The highest BCUT2D eigenvalue weighted by atomic mass is 79.9. The number of aromatic nitrogens is 1. The third-order valence-electron chi connectivity index (χ3n) is 2.72. The van der Waals surface area contributed by atoms with Crippen molar-refractivity contribution < 1.29 is 8.42 Å². The number of anilines is 2. The number of benzene rings is 1. The number of sulfonamides is 1. The van der Waals surface area contributed by atoms with Gasteiger partial charge in [-0.1, -0.05) is 6.07 Å². The molecule has 0 spiro atoms. The molecule has 8 heteroatoms. The third kappa shape index (κ3) is 3.72. The summed E-state index contributed by atoms with van der Waals surface area (Å²) < 4.78 is 28.1. The fraction of sp³-hybridized carbons (Fsp3) is 0.154. The number of pyridine rings is 1. The number of rotatable bonds is 4. The number of halogens is 1. The van der Waals surface area contributed by atoms with Crippen molar-refractivity contribution in [3.63, 3.8) is 0 Å². The SMILES string of the molecule is Cc1cc(C)cc(NS(=O)(=O)c2cc(Br)cnc2NN)c1. The van der Waals surface area contributed by atoms with Gasteiger partial charge < -0.3 is 5.43 Å². The molecule has 0 fully saturated rings. The van der Waals surface area contributed by atoms with E-state index >= 15 is 0 Å². The Morgan fingerprint density at radius 2 is 1.76 bits per heavy atom. The Labute approximate surface area is 131 Å². The van der Waals surface area contributed by atoms with Crippen molar-refractivity contribution in [1.29, 1.82) is 0 Å². The van der Waals surface area contributed by atoms with Crippen LogP contribution in [0.15, 0.2) is 39.8 Å². The monoisotopic (exact) mass is 370 g/mol. The quantitative estimate of drug-likeness (QED) is 0.567. The van der Waals surface area contributed by atoms with Crippen LogP contribution in [0.4, 0.5) is 11.5 Å². The second kappa shape index (κ2) is 6.00. The first-order chi connectivity index (χ1) is 9.81. The largest absolute Gasteiger partial charge is 0.307 e. The minimum Gasteiger partial charge on any atom is -0.307 e. The zero-order valence-electron chi connectivity index (χ0n) is 11.5. The highest BCUT2D eigenvalue weighted by Gasteiger charge is 2.20. The predicted octanol–water partition coefficient (Wildman–Crippen LogP) is 2.55. The second-order valence-electron chi connectivity index (χ2n) is 4.63. The summed E-state index contributed by atoms with van der Waals surface area (Å²) in [7, 11) is -3.80. The van der Waals surface area contributed by atoms with Gasteiger partial charge in [0.1, 0.15) is 4.90 Å². The lowest BCUT2D eigenvalue weighted by Crippen LogP contribution is -2.18. The minimum absolute atomic E-state index is 0.0291. The number of nitrogens with zero attached hydrogens (tertiary/aromatic N) is 1. The zero-order chi connectivity index (χ0) is 15.6. The average molecular weight is 371 g/mol. The van der Waals surface area contributed by atoms with Crippen molar-refractivity contribution in [2.75, 3.05) is 10.1 Å². The van der Waals surface area contributed by atoms with Gasteiger partial charge in [0.15, 0.2) is 5.82 Å². The summed E-state index contributed by atoms with van der Waals surface area (Å²) in [5.41, 5.74) is 4.72. The maximum atomic E-state index is 12.5. The molecule has 0 aliphatic rings. The molecule has 0 aliphatic heterocycles. The van der Waals surface area contributed by atoms with E-state index in [0.717, 1.165) is 11.1 Å². The van der Waals surface area contributed by atoms with Gasteiger partial charge in [-0.05, 0) is 59.1 Å². The number of nitrogen functional groups attached to an aromatic ring is 1. The zero-order valence-corrected chi connectivity index (χ0v) is 13.9. The minimum atomic E-state index is -3.80. The molecule has 0 atom stereocenters. The topological polar surface area (TPSA) is 97.1 Å². The van der Waals surface area contributed by atoms with Gasteiger partial charge in [-0.2, -0.15) is 0 Å². The Balaban J connectivity index is 2.45. The van der Waals surface area contributed by atoms with Crippen LogP contribution in [0.1, 0.15) is 11.1 Å². The van der Waals surface area contributed by atoms with Crippen molar-refractivity contribution in [2.45, 2.75) is 18.7 Å². The first-order valence-electron chi connectivity index (χ1n) is 6.05. The van der Waals surface area contributed by atoms with Gasteiger partial charge in [0.05, 0.1) is 0 Å². The van der Waals surface area contributed by atoms with Crippen LogP contribution in [0.2, 0.25) is 0 Å². The molecule has 0 amide bonds. The highest BCUT2D eigenvalue weighted by molar-refractivity contribution is 9.10. The summed E-state index contributed by atoms with van der Waals surface area (Å²) in [5.74, 6) is 5.40. The summed E-state index contributed by atoms with van der Waals surface area (Å²) in [6, 6.07) is 6.91. The molecule has 2 rings (SSSR count). The summed E-state index contributed by atoms with van der Waals surface area (Å²) >= 11 is 3.20. The van der Waals surface area contributed by atoms with E-state index < -0.39 is 10.0 Å². The van der Waals surface area contributed by atoms with Crippen molar-refractivity contribution >= 4 is 37.5 Å². The standard InChI is InChI=1S/C13H15BrN4O2S/c1-8-3-9(2)5-11(4-8)18-21(19,20)12-6-10(14)7-16-13(12)17-15/h3-7,18H,15H2,1-2H3,(H,16,17). The van der Waals surface area contributed by atoms with E-state index in [2.05, 4.69) is 31.1 Å². The van der Waals surface area contributed by atoms with E-state index in [1.165, 1.54) is 12.3 Å². The summed E-state index contributed by atoms with van der Waals surface area (Å²) in [5, 5.41) is 0. The first-order valence-corrected chi connectivity index (χ1v) is 8.33. The Hall–Kier alpha value is -1.64. The fourth-order valence-corrected chi connectivity index (χ4v) is 3.65. The van der Waals surface area contributed by atoms with Gasteiger partial charge in [0, 0.05) is 16.4 Å². The second-order valence-corrected chi connectivity index (χ2v) is 7.19. The van der Waals surface area contributed by atoms with Crippen LogP contribution >= 0.6 is 15.9 Å². The van der Waals surface area contributed by atoms with E-state index in [0.29, 0.717) is 10.2 Å². The van der Waals surface area contributed by atoms with Crippen LogP contribution < -0.4 is 16.0 Å². The Morgan fingerprint density at radius 3 is 2.33 bits per heavy atom. The highest BCUT2D eigenvalue weighted by Crippen LogP contribution is 2.25. The van der Waals surface area contributed by atoms with Crippen molar-refractivity contribution in [1.82, 2.24) is 4.98 Å². The van der Waals surface area contributed by atoms with Crippen LogP contribution in [0.3, 0.4) is 0 Å². The molecule has 112 valence electrons. The van der Waals surface area contributed by atoms with Crippen LogP contribution in [-0.2, 0) is 10.0 Å². The number of nitrogens with one attached hydrogen (secondary N) is 2. The predicted molar refractivity (Wildman–Crippen MR) is 86.5 cm³/mol. The number of hydrogen-bond acceptors (Lipinski definition) is 5. The number of aryl methyl sites for hydroxylation is 2. The van der Waals surface area contributed by atoms with E-state index in [1.807, 2.05) is 19.9 Å². The molecule has 0 saturated heterocycles. The number of nitrogens with two attached hydrogens (primary N) is 1. The van der Waals surface area contributed by atoms with Crippen LogP contribution in [0.25, 0.3) is 0 Å². The van der Waals surface area contributed by atoms with Crippen LogP contribution in [0, 0.1) is 13.8 Å². The normalized spacial score (nSPS) is 11.2. The molecule has 1 aromatic carbocycles. The first kappa shape index (κ1) is 15.7. The lowest BCUT2D eigenvalue weighted by Gasteiger charge is -2.12. The van der Waals surface area contributed by atoms with Gasteiger partial charge in [0.25, 0.3) is 10.0 Å². The van der Waals surface area contributed by atoms with E-state index in [-0.39, 0.29) is 10.7 Å². The molecule has 1 heterocycles. The van der Waals surface area contributed by atoms with Crippen LogP contribution in [-0.4, -0.2) is 13.4 Å². The Morgan fingerprint density at radius 1 is 1.14 bits per heavy atom. The molecule has 1 aromatic heterocycles. The van der Waals surface area contributed by atoms with E-state index in [1.54, 1.807) is 12.1 Å². The molecular weight excluding hydrogens is 356 g/mol. The van der Waals surface area contributed by atoms with Crippen molar-refractivity contribution in [3.05, 3.63) is 46.1 Å². The molecule has 0 radical (unpaired) electrons. The lowest BCUT2D eigenvalue weighted by molar-refractivity contribution is 0.601. The van der Waals surface area contributed by atoms with Crippen LogP contribution in [0.5, 0.6) is 0 Å². The van der Waals surface area contributed by atoms with Gasteiger partial charge in [0.2, 0.25) is 0 Å². The van der Waals surface area contributed by atoms with Gasteiger partial charge in [-0.25, -0.2) is 19.2 Å². The summed E-state index contributed by atoms with van der Waals surface area (Å²) in [6.45, 7) is 3.80. The molecule has 21 heavy (non-hydrogen) atoms. The maximum Gasteiger partial charge on any atom is 0.265 e. The molecular formula is C13H15BrN4O2S. The van der Waals surface area contributed by atoms with Crippen molar-refractivity contribution in [3.8, 4) is 0 Å². The third-order valence-corrected chi connectivity index (χ3v) is 4.55. The molecule has 2 aromatic rings. The van der Waals surface area contributed by atoms with E-state index in [9.17, 15) is 8.42 Å². The fourth-order valence-electron chi connectivity index (χ4n) is 1.98. The molecule has 4 N–H and O–H groups in total. The molecule has 0 saturated carbocycles. The Bertz CT molecular complexity index is 757. The van der Waals surface area contributed by atoms with Gasteiger partial charge >= 0.3 is 0 Å². The van der Waals surface area contributed by atoms with E-state index in [4.69, 9.17) is 5.84 Å². The summed E-state index contributed by atoms with van der Waals surface area (Å²) in [4.78, 5) is 3.91. The number of hydrogen-bond donors (Lipinski definition) is 3. The van der Waals surface area contributed by atoms with Gasteiger partial charge in [-0.3, -0.25) is 4.72 Å². The summed E-state index contributed by atoms with van der Waals surface area (Å²) in [6.07, 6.45) is 1.46. The Kier molecular flexibility index (Phi) is 4.50. The number of hydrazine groups is 1. The van der Waals surface area contributed by atoms with Crippen molar-refractivity contribution in [2.24, 2.45) is 5.84 Å². The van der Waals surface area contributed by atoms with Gasteiger partial charge in [-0.15, -0.1) is 0 Å². The molecule has 0 aliphatic carbocycles. The smallest absolute Gasteiger partial charge is 0.265 e. The molecule has 0 bridgehead atoms. The lowest BCUT2D eigenvalue weighted by atomic mass is 10.1. The average Bonchev–Trinajstić information content (AvgIpc) is 2.36.